The van der Waals surface area contributed by atoms with E-state index < -0.39 is 32.5 Å². The lowest BCUT2D eigenvalue weighted by atomic mass is 10.0. The Morgan fingerprint density at radius 2 is 0.659 bits per heavy atom. The largest absolute Gasteiger partial charge is 0.756 e. The van der Waals surface area contributed by atoms with E-state index in [1.165, 1.54) is 57.8 Å². The van der Waals surface area contributed by atoms with Gasteiger partial charge in [0.25, 0.3) is 7.82 Å². The normalized spacial score (nSPS) is 14.3. The lowest BCUT2D eigenvalue weighted by Gasteiger charge is -2.28. The summed E-state index contributed by atoms with van der Waals surface area (Å²) in [5, 5.41) is 0. The molecule has 0 N–H and O–H groups in total. The minimum atomic E-state index is -4.66. The minimum Gasteiger partial charge on any atom is -0.756 e. The van der Waals surface area contributed by atoms with E-state index >= 15 is 0 Å². The number of phosphoric acid groups is 1. The van der Waals surface area contributed by atoms with E-state index in [0.29, 0.717) is 17.4 Å². The van der Waals surface area contributed by atoms with E-state index in [0.717, 1.165) is 141 Å². The number of esters is 2. The van der Waals surface area contributed by atoms with E-state index in [1.54, 1.807) is 0 Å². The Balaban J connectivity index is 4.22. The molecule has 0 aliphatic rings. The number of nitrogens with zero attached hydrogens (tertiary/aromatic N) is 1. The van der Waals surface area contributed by atoms with Crippen LogP contribution in [-0.2, 0) is 32.7 Å². The molecule has 0 fully saturated rings. The minimum absolute atomic E-state index is 0.0439. The van der Waals surface area contributed by atoms with Crippen molar-refractivity contribution in [2.75, 3.05) is 47.5 Å². The highest BCUT2D eigenvalue weighted by Crippen LogP contribution is 2.38. The third-order valence-electron chi connectivity index (χ3n) is 13.0. The van der Waals surface area contributed by atoms with E-state index in [-0.39, 0.29) is 26.1 Å². The van der Waals surface area contributed by atoms with Crippen LogP contribution in [0.3, 0.4) is 0 Å². The van der Waals surface area contributed by atoms with E-state index in [4.69, 9.17) is 18.5 Å². The van der Waals surface area contributed by atoms with Gasteiger partial charge < -0.3 is 27.9 Å². The first-order valence-corrected chi connectivity index (χ1v) is 33.7. The molecule has 0 saturated heterocycles. The molecule has 0 radical (unpaired) electrons. The summed E-state index contributed by atoms with van der Waals surface area (Å²) >= 11 is 0. The zero-order valence-corrected chi connectivity index (χ0v) is 53.5. The molecular formula is C72H118NO8P. The summed E-state index contributed by atoms with van der Waals surface area (Å²) in [5.41, 5.74) is 0. The van der Waals surface area contributed by atoms with Crippen LogP contribution in [0.25, 0.3) is 0 Å². The fourth-order valence-corrected chi connectivity index (χ4v) is 8.90. The molecular weight excluding hydrogens is 1040 g/mol. The number of ether oxygens (including phenoxy) is 2. The molecule has 0 aromatic rings. The van der Waals surface area contributed by atoms with Crippen molar-refractivity contribution < 1.29 is 42.1 Å². The van der Waals surface area contributed by atoms with Crippen molar-refractivity contribution in [1.82, 2.24) is 0 Å². The summed E-state index contributed by atoms with van der Waals surface area (Å²) in [4.78, 5) is 38.0. The van der Waals surface area contributed by atoms with Crippen LogP contribution in [-0.4, -0.2) is 70.0 Å². The van der Waals surface area contributed by atoms with Crippen LogP contribution in [0.4, 0.5) is 0 Å². The van der Waals surface area contributed by atoms with Gasteiger partial charge in [0.2, 0.25) is 0 Å². The second-order valence-corrected chi connectivity index (χ2v) is 23.4. The van der Waals surface area contributed by atoms with Crippen LogP contribution in [0.5, 0.6) is 0 Å². The summed E-state index contributed by atoms with van der Waals surface area (Å²) in [6, 6.07) is 0. The highest BCUT2D eigenvalue weighted by Gasteiger charge is 2.22. The highest BCUT2D eigenvalue weighted by atomic mass is 31.2. The first kappa shape index (κ1) is 77.6. The molecule has 2 unspecified atom stereocenters. The summed E-state index contributed by atoms with van der Waals surface area (Å²) in [6.07, 6.45) is 91.5. The lowest BCUT2D eigenvalue weighted by Crippen LogP contribution is -2.37. The number of likely N-dealkylation sites (N-methyl/N-ethyl adjacent to an activating group) is 1. The number of carbonyl (C=O) groups excluding carboxylic acids is 2. The Hall–Kier alpha value is -4.37. The number of hydrogen-bond acceptors (Lipinski definition) is 8. The zero-order valence-electron chi connectivity index (χ0n) is 52.6. The number of rotatable bonds is 57. The maximum absolute atomic E-state index is 12.8. The van der Waals surface area contributed by atoms with Crippen LogP contribution < -0.4 is 4.89 Å². The molecule has 0 aromatic heterocycles. The van der Waals surface area contributed by atoms with Gasteiger partial charge in [0.15, 0.2) is 6.10 Å². The van der Waals surface area contributed by atoms with Gasteiger partial charge in [0.1, 0.15) is 19.8 Å². The van der Waals surface area contributed by atoms with Crippen molar-refractivity contribution in [3.8, 4) is 0 Å². The van der Waals surface area contributed by atoms with Crippen LogP contribution in [0.2, 0.25) is 0 Å². The van der Waals surface area contributed by atoms with Crippen molar-refractivity contribution in [3.05, 3.63) is 158 Å². The Bertz CT molecular complexity index is 1940. The molecule has 0 rings (SSSR count). The van der Waals surface area contributed by atoms with E-state index in [9.17, 15) is 19.0 Å². The monoisotopic (exact) mass is 1160 g/mol. The Morgan fingerprint density at radius 3 is 0.976 bits per heavy atom. The highest BCUT2D eigenvalue weighted by molar-refractivity contribution is 7.45. The van der Waals surface area contributed by atoms with Crippen LogP contribution >= 0.6 is 7.82 Å². The first-order chi connectivity index (χ1) is 40.0. The second kappa shape index (κ2) is 61.2. The summed E-state index contributed by atoms with van der Waals surface area (Å²) < 4.78 is 34.2. The average molecular weight is 1160 g/mol. The molecule has 0 spiro atoms. The molecule has 464 valence electrons. The van der Waals surface area contributed by atoms with E-state index in [1.807, 2.05) is 21.1 Å². The van der Waals surface area contributed by atoms with Gasteiger partial charge in [-0.3, -0.25) is 14.2 Å². The van der Waals surface area contributed by atoms with Crippen molar-refractivity contribution in [3.63, 3.8) is 0 Å². The maximum atomic E-state index is 12.8. The SMILES string of the molecule is CC/C=C\C/C=C\C/C=C\C/C=C\C/C=C\C/C=C\C/C=C\C/C=C\C/C=C\CCCCCCCC(=O)OC(COC(=O)CCCCCCCCCCCCCC/C=C\C/C=C\C/C=C\C/C=C\CC)COP(=O)([O-])OCC[N+](C)(C)C. The Labute approximate surface area is 503 Å². The summed E-state index contributed by atoms with van der Waals surface area (Å²) in [7, 11) is 1.13. The molecule has 0 saturated carbocycles. The molecule has 2 atom stereocenters. The number of allylic oxidation sites excluding steroid dienone is 26. The topological polar surface area (TPSA) is 111 Å². The standard InChI is InChI=1S/C72H118NO8P/c1-6-8-10-12-14-16-18-20-22-24-26-28-30-32-33-34-35-36-37-38-39-41-43-45-47-49-51-53-55-57-59-61-63-65-72(75)81-70(69-80-82(76,77)79-67-66-73(3,4)5)68-78-71(74)64-62-60-58-56-54-52-50-48-46-44-42-40-31-29-27-25-23-21-19-17-15-13-11-9-7-2/h8-11,14-17,20-23,26-29,32-33,35-36,38-39,43,45,49,51,70H,6-7,12-13,18-19,24-25,30-31,34,37,40-42,44,46-48,50,52-69H2,1-5H3/b10-8-,11-9-,16-14-,17-15-,22-20-,23-21-,28-26-,29-27-,33-32-,36-35-,39-38-,45-43-,51-49-. The predicted octanol–water partition coefficient (Wildman–Crippen LogP) is 20.2. The maximum Gasteiger partial charge on any atom is 0.306 e. The number of phosphoric ester groups is 1. The number of quaternary nitrogens is 1. The first-order valence-electron chi connectivity index (χ1n) is 32.2. The van der Waals surface area contributed by atoms with Crippen molar-refractivity contribution >= 4 is 19.8 Å². The quantitative estimate of drug-likeness (QED) is 0.0195. The number of carbonyl (C=O) groups is 2. The lowest BCUT2D eigenvalue weighted by molar-refractivity contribution is -0.870. The van der Waals surface area contributed by atoms with Gasteiger partial charge in [-0.1, -0.05) is 255 Å². The molecule has 0 bridgehead atoms. The molecule has 0 heterocycles. The Kier molecular flexibility index (Phi) is 57.9. The van der Waals surface area contributed by atoms with Gasteiger partial charge in [-0.2, -0.15) is 0 Å². The third-order valence-corrected chi connectivity index (χ3v) is 14.0. The predicted molar refractivity (Wildman–Crippen MR) is 350 cm³/mol. The molecule has 0 aliphatic carbocycles. The van der Waals surface area contributed by atoms with Crippen LogP contribution in [0, 0.1) is 0 Å². The van der Waals surface area contributed by atoms with Gasteiger partial charge in [-0.15, -0.1) is 0 Å². The van der Waals surface area contributed by atoms with Crippen molar-refractivity contribution in [2.24, 2.45) is 0 Å². The van der Waals surface area contributed by atoms with Gasteiger partial charge in [-0.05, 0) is 122 Å². The fourth-order valence-electron chi connectivity index (χ4n) is 8.17. The van der Waals surface area contributed by atoms with E-state index in [2.05, 4.69) is 172 Å². The van der Waals surface area contributed by atoms with Crippen molar-refractivity contribution in [2.45, 2.75) is 238 Å². The van der Waals surface area contributed by atoms with Gasteiger partial charge in [-0.25, -0.2) is 0 Å². The molecule has 0 amide bonds. The van der Waals surface area contributed by atoms with Gasteiger partial charge >= 0.3 is 11.9 Å². The van der Waals surface area contributed by atoms with Crippen LogP contribution in [0.1, 0.15) is 232 Å². The number of hydrogen-bond donors (Lipinski definition) is 0. The molecule has 0 aliphatic heterocycles. The smallest absolute Gasteiger partial charge is 0.306 e. The summed E-state index contributed by atoms with van der Waals surface area (Å²) in [6.45, 7) is 3.97. The van der Waals surface area contributed by atoms with Crippen molar-refractivity contribution in [1.29, 1.82) is 0 Å². The second-order valence-electron chi connectivity index (χ2n) is 22.0. The molecule has 82 heavy (non-hydrogen) atoms. The zero-order chi connectivity index (χ0) is 59.8. The van der Waals surface area contributed by atoms with Gasteiger partial charge in [0, 0.05) is 12.8 Å². The third kappa shape index (κ3) is 64.8. The fraction of sp³-hybridized carbons (Fsp3) is 0.611. The molecule has 10 heteroatoms. The van der Waals surface area contributed by atoms with Gasteiger partial charge in [0.05, 0.1) is 27.7 Å². The van der Waals surface area contributed by atoms with Crippen LogP contribution in [0.15, 0.2) is 158 Å². The number of unbranched alkanes of at least 4 members (excludes halogenated alkanes) is 17. The molecule has 0 aromatic carbocycles. The Morgan fingerprint density at radius 1 is 0.378 bits per heavy atom. The molecule has 9 nitrogen and oxygen atoms in total. The average Bonchev–Trinajstić information content (AvgIpc) is 3.46. The summed E-state index contributed by atoms with van der Waals surface area (Å²) in [5.74, 6) is -0.868.